The highest BCUT2D eigenvalue weighted by atomic mass is 16.2. The van der Waals surface area contributed by atoms with Crippen molar-refractivity contribution in [2.45, 2.75) is 33.6 Å². The summed E-state index contributed by atoms with van der Waals surface area (Å²) in [6.45, 7) is 8.60. The van der Waals surface area contributed by atoms with Crippen molar-refractivity contribution in [3.63, 3.8) is 0 Å². The van der Waals surface area contributed by atoms with Crippen molar-refractivity contribution in [1.29, 1.82) is 0 Å². The Morgan fingerprint density at radius 3 is 2.36 bits per heavy atom. The van der Waals surface area contributed by atoms with Crippen molar-refractivity contribution < 1.29 is 9.59 Å². The summed E-state index contributed by atoms with van der Waals surface area (Å²) >= 11 is 0. The van der Waals surface area contributed by atoms with E-state index >= 15 is 0 Å². The predicted octanol–water partition coefficient (Wildman–Crippen LogP) is 2.50. The Morgan fingerprint density at radius 2 is 1.77 bits per heavy atom. The number of amides is 2. The minimum Gasteiger partial charge on any atom is -0.339 e. The number of benzene rings is 1. The van der Waals surface area contributed by atoms with Gasteiger partial charge in [0.1, 0.15) is 0 Å². The molecular weight excluding hydrogens is 278 g/mol. The van der Waals surface area contributed by atoms with Gasteiger partial charge < -0.3 is 15.5 Å². The van der Waals surface area contributed by atoms with Gasteiger partial charge in [-0.2, -0.15) is 0 Å². The summed E-state index contributed by atoms with van der Waals surface area (Å²) in [6, 6.07) is 7.13. The molecule has 1 rings (SSSR count). The first-order valence-corrected chi connectivity index (χ1v) is 8.02. The maximum absolute atomic E-state index is 12.5. The monoisotopic (exact) mass is 305 g/mol. The third-order valence-corrected chi connectivity index (χ3v) is 3.20. The van der Waals surface area contributed by atoms with Gasteiger partial charge in [0, 0.05) is 24.3 Å². The Bertz CT molecular complexity index is 483. The highest BCUT2D eigenvalue weighted by molar-refractivity contribution is 5.97. The summed E-state index contributed by atoms with van der Waals surface area (Å²) in [7, 11) is 0. The summed E-state index contributed by atoms with van der Waals surface area (Å²) in [6.07, 6.45) is 1.87. The number of hydrogen-bond donors (Lipinski definition) is 2. The molecule has 0 aromatic heterocycles. The Kier molecular flexibility index (Phi) is 8.22. The molecule has 5 heteroatoms. The van der Waals surface area contributed by atoms with E-state index in [1.165, 1.54) is 0 Å². The molecule has 0 unspecified atom stereocenters. The van der Waals surface area contributed by atoms with Gasteiger partial charge in [-0.3, -0.25) is 9.59 Å². The number of likely N-dealkylation sites (N-methyl/N-ethyl adjacent to an activating group) is 1. The number of hydrogen-bond acceptors (Lipinski definition) is 3. The minimum atomic E-state index is -0.106. The average molecular weight is 305 g/mol. The lowest BCUT2D eigenvalue weighted by molar-refractivity contribution is -0.115. The molecule has 2 N–H and O–H groups in total. The van der Waals surface area contributed by atoms with E-state index in [1.54, 1.807) is 24.3 Å². The Hall–Kier alpha value is -1.88. The zero-order chi connectivity index (χ0) is 16.4. The van der Waals surface area contributed by atoms with Crippen LogP contribution >= 0.6 is 0 Å². The zero-order valence-corrected chi connectivity index (χ0v) is 13.8. The van der Waals surface area contributed by atoms with Crippen LogP contribution in [0.5, 0.6) is 0 Å². The molecule has 0 aliphatic rings. The van der Waals surface area contributed by atoms with Crippen molar-refractivity contribution in [3.05, 3.63) is 29.8 Å². The highest BCUT2D eigenvalue weighted by Crippen LogP contribution is 2.13. The summed E-state index contributed by atoms with van der Waals surface area (Å²) in [5.41, 5.74) is 1.27. The molecule has 1 aromatic carbocycles. The van der Waals surface area contributed by atoms with Crippen LogP contribution in [0.4, 0.5) is 5.69 Å². The van der Waals surface area contributed by atoms with Gasteiger partial charge in [0.25, 0.3) is 5.91 Å². The SMILES string of the molecule is CCCN(CCC)C(=O)c1cccc(NC(=O)CNCC)c1. The molecule has 122 valence electrons. The first-order valence-electron chi connectivity index (χ1n) is 8.02. The van der Waals surface area contributed by atoms with Gasteiger partial charge in [-0.15, -0.1) is 0 Å². The molecule has 0 aliphatic heterocycles. The van der Waals surface area contributed by atoms with Crippen LogP contribution in [0.2, 0.25) is 0 Å². The second-order valence-electron chi connectivity index (χ2n) is 5.20. The fourth-order valence-corrected chi connectivity index (χ4v) is 2.21. The van der Waals surface area contributed by atoms with Crippen LogP contribution in [0.3, 0.4) is 0 Å². The second kappa shape index (κ2) is 9.95. The standard InChI is InChI=1S/C17H27N3O2/c1-4-10-20(11-5-2)17(22)14-8-7-9-15(12-14)19-16(21)13-18-6-3/h7-9,12,18H,4-6,10-11,13H2,1-3H3,(H,19,21). The van der Waals surface area contributed by atoms with Crippen LogP contribution in [0.25, 0.3) is 0 Å². The maximum Gasteiger partial charge on any atom is 0.253 e. The Morgan fingerprint density at radius 1 is 1.09 bits per heavy atom. The molecule has 5 nitrogen and oxygen atoms in total. The average Bonchev–Trinajstić information content (AvgIpc) is 2.52. The molecule has 0 bridgehead atoms. The van der Waals surface area contributed by atoms with Gasteiger partial charge in [-0.1, -0.05) is 26.8 Å². The molecule has 0 spiro atoms. The zero-order valence-electron chi connectivity index (χ0n) is 13.8. The van der Waals surface area contributed by atoms with Crippen LogP contribution in [-0.2, 0) is 4.79 Å². The lowest BCUT2D eigenvalue weighted by Crippen LogP contribution is -2.32. The number of rotatable bonds is 9. The van der Waals surface area contributed by atoms with E-state index in [1.807, 2.05) is 11.8 Å². The topological polar surface area (TPSA) is 61.4 Å². The van der Waals surface area contributed by atoms with E-state index in [0.29, 0.717) is 11.3 Å². The molecule has 0 saturated heterocycles. The summed E-state index contributed by atoms with van der Waals surface area (Å²) in [5.74, 6) is -0.0862. The predicted molar refractivity (Wildman–Crippen MR) is 90.1 cm³/mol. The number of nitrogens with one attached hydrogen (secondary N) is 2. The first-order chi connectivity index (χ1) is 10.6. The van der Waals surface area contributed by atoms with E-state index in [2.05, 4.69) is 24.5 Å². The molecular formula is C17H27N3O2. The van der Waals surface area contributed by atoms with Gasteiger partial charge in [-0.25, -0.2) is 0 Å². The fourth-order valence-electron chi connectivity index (χ4n) is 2.21. The molecule has 0 fully saturated rings. The van der Waals surface area contributed by atoms with Crippen molar-refractivity contribution in [2.24, 2.45) is 0 Å². The van der Waals surface area contributed by atoms with Gasteiger partial charge in [0.05, 0.1) is 6.54 Å². The lowest BCUT2D eigenvalue weighted by atomic mass is 10.1. The Balaban J connectivity index is 2.77. The molecule has 0 radical (unpaired) electrons. The van der Waals surface area contributed by atoms with Crippen molar-refractivity contribution >= 4 is 17.5 Å². The normalized spacial score (nSPS) is 10.3. The summed E-state index contributed by atoms with van der Waals surface area (Å²) in [5, 5.41) is 5.77. The second-order valence-corrected chi connectivity index (χ2v) is 5.20. The third-order valence-electron chi connectivity index (χ3n) is 3.20. The first kappa shape index (κ1) is 18.2. The van der Waals surface area contributed by atoms with Crippen LogP contribution in [0, 0.1) is 0 Å². The van der Waals surface area contributed by atoms with Gasteiger partial charge in [0.15, 0.2) is 0 Å². The molecule has 0 heterocycles. The quantitative estimate of drug-likeness (QED) is 0.737. The van der Waals surface area contributed by atoms with Crippen LogP contribution in [0.15, 0.2) is 24.3 Å². The van der Waals surface area contributed by atoms with Crippen LogP contribution in [-0.4, -0.2) is 42.9 Å². The molecule has 0 atom stereocenters. The molecule has 0 aliphatic carbocycles. The number of nitrogens with zero attached hydrogens (tertiary/aromatic N) is 1. The Labute approximate surface area is 133 Å². The van der Waals surface area contributed by atoms with Gasteiger partial charge in [0.2, 0.25) is 5.91 Å². The van der Waals surface area contributed by atoms with E-state index in [4.69, 9.17) is 0 Å². The van der Waals surface area contributed by atoms with Crippen LogP contribution < -0.4 is 10.6 Å². The van der Waals surface area contributed by atoms with E-state index in [0.717, 1.165) is 32.5 Å². The maximum atomic E-state index is 12.5. The number of carbonyl (C=O) groups excluding carboxylic acids is 2. The van der Waals surface area contributed by atoms with E-state index in [-0.39, 0.29) is 18.4 Å². The van der Waals surface area contributed by atoms with E-state index < -0.39 is 0 Å². The minimum absolute atomic E-state index is 0.0199. The number of anilines is 1. The molecule has 2 amide bonds. The van der Waals surface area contributed by atoms with Crippen molar-refractivity contribution in [3.8, 4) is 0 Å². The molecule has 0 saturated carbocycles. The largest absolute Gasteiger partial charge is 0.339 e. The molecule has 1 aromatic rings. The molecule has 22 heavy (non-hydrogen) atoms. The summed E-state index contributed by atoms with van der Waals surface area (Å²) < 4.78 is 0. The summed E-state index contributed by atoms with van der Waals surface area (Å²) in [4.78, 5) is 26.1. The van der Waals surface area contributed by atoms with Crippen molar-refractivity contribution in [2.75, 3.05) is 31.5 Å². The highest BCUT2D eigenvalue weighted by Gasteiger charge is 2.14. The van der Waals surface area contributed by atoms with Gasteiger partial charge >= 0.3 is 0 Å². The third kappa shape index (κ3) is 5.85. The fraction of sp³-hybridized carbons (Fsp3) is 0.529. The van der Waals surface area contributed by atoms with Crippen LogP contribution in [0.1, 0.15) is 44.0 Å². The van der Waals surface area contributed by atoms with Gasteiger partial charge in [-0.05, 0) is 37.6 Å². The lowest BCUT2D eigenvalue weighted by Gasteiger charge is -2.21. The number of carbonyl (C=O) groups is 2. The smallest absolute Gasteiger partial charge is 0.253 e. The van der Waals surface area contributed by atoms with Crippen molar-refractivity contribution in [1.82, 2.24) is 10.2 Å². The van der Waals surface area contributed by atoms with E-state index in [9.17, 15) is 9.59 Å².